The standard InChI is InChI=1S/C16H17N3O4S3/c1-4-23-14(21)9-5-7-10(8-6-9)17-16(22)18-12(20)11-13(24-2)19-26-15(11)25-3/h5-8H,4H2,1-3H3,(H2,17,18,20,22). The molecule has 26 heavy (non-hydrogen) atoms. The van der Waals surface area contributed by atoms with Crippen LogP contribution in [0.3, 0.4) is 0 Å². The Balaban J connectivity index is 2.01. The van der Waals surface area contributed by atoms with Crippen molar-refractivity contribution in [3.63, 3.8) is 0 Å². The second-order valence-corrected chi connectivity index (χ2v) is 7.41. The van der Waals surface area contributed by atoms with Crippen LogP contribution in [0.15, 0.2) is 33.5 Å². The summed E-state index contributed by atoms with van der Waals surface area (Å²) in [6, 6.07) is 5.53. The van der Waals surface area contributed by atoms with Crippen LogP contribution in [0.4, 0.5) is 10.5 Å². The molecule has 0 aliphatic rings. The van der Waals surface area contributed by atoms with E-state index in [9.17, 15) is 14.4 Å². The number of ether oxygens (including phenoxy) is 1. The van der Waals surface area contributed by atoms with Crippen molar-refractivity contribution in [3.8, 4) is 0 Å². The Labute approximate surface area is 163 Å². The van der Waals surface area contributed by atoms with Crippen molar-refractivity contribution in [2.75, 3.05) is 24.4 Å². The van der Waals surface area contributed by atoms with Crippen molar-refractivity contribution < 1.29 is 19.1 Å². The molecule has 0 saturated heterocycles. The number of hydrogen-bond acceptors (Lipinski definition) is 8. The maximum Gasteiger partial charge on any atom is 0.338 e. The molecule has 1 heterocycles. The van der Waals surface area contributed by atoms with Gasteiger partial charge in [0.25, 0.3) is 5.91 Å². The highest BCUT2D eigenvalue weighted by Crippen LogP contribution is 2.32. The van der Waals surface area contributed by atoms with E-state index in [1.807, 2.05) is 12.5 Å². The lowest BCUT2D eigenvalue weighted by atomic mass is 10.2. The third-order valence-corrected chi connectivity index (χ3v) is 5.86. The van der Waals surface area contributed by atoms with Gasteiger partial charge in [0.2, 0.25) is 0 Å². The van der Waals surface area contributed by atoms with Crippen LogP contribution >= 0.6 is 35.1 Å². The van der Waals surface area contributed by atoms with Crippen LogP contribution in [-0.4, -0.2) is 41.4 Å². The molecular weight excluding hydrogens is 394 g/mol. The fourth-order valence-electron chi connectivity index (χ4n) is 1.96. The molecule has 0 aliphatic carbocycles. The summed E-state index contributed by atoms with van der Waals surface area (Å²) in [5.74, 6) is -0.939. The summed E-state index contributed by atoms with van der Waals surface area (Å²) in [4.78, 5) is 36.1. The molecule has 138 valence electrons. The van der Waals surface area contributed by atoms with Crippen LogP contribution in [0.25, 0.3) is 0 Å². The first-order valence-corrected chi connectivity index (χ1v) is 10.7. The van der Waals surface area contributed by atoms with E-state index in [1.165, 1.54) is 47.2 Å². The molecule has 7 nitrogen and oxygen atoms in total. The number of nitrogens with zero attached hydrogens (tertiary/aromatic N) is 1. The zero-order valence-corrected chi connectivity index (χ0v) is 16.8. The molecular formula is C16H17N3O4S3. The Hall–Kier alpha value is -2.04. The molecule has 0 atom stereocenters. The van der Waals surface area contributed by atoms with Crippen LogP contribution in [0, 0.1) is 0 Å². The molecule has 2 rings (SSSR count). The molecule has 0 unspecified atom stereocenters. The number of thioether (sulfide) groups is 2. The first kappa shape index (κ1) is 20.3. The Morgan fingerprint density at radius 3 is 2.42 bits per heavy atom. The monoisotopic (exact) mass is 411 g/mol. The van der Waals surface area contributed by atoms with Crippen molar-refractivity contribution in [2.24, 2.45) is 0 Å². The first-order chi connectivity index (χ1) is 12.5. The molecule has 0 saturated carbocycles. The van der Waals surface area contributed by atoms with Gasteiger partial charge in [0.05, 0.1) is 21.9 Å². The SMILES string of the molecule is CCOC(=O)c1ccc(NC(=O)NC(=O)c2c(SC)nsc2SC)cc1. The minimum Gasteiger partial charge on any atom is -0.462 e. The number of amides is 3. The van der Waals surface area contributed by atoms with Crippen molar-refractivity contribution in [2.45, 2.75) is 16.2 Å². The maximum absolute atomic E-state index is 12.4. The fraction of sp³-hybridized carbons (Fsp3) is 0.250. The van der Waals surface area contributed by atoms with Gasteiger partial charge in [-0.25, -0.2) is 9.59 Å². The van der Waals surface area contributed by atoms with Gasteiger partial charge in [-0.15, -0.1) is 23.5 Å². The summed E-state index contributed by atoms with van der Waals surface area (Å²) in [5.41, 5.74) is 1.23. The lowest BCUT2D eigenvalue weighted by Gasteiger charge is -2.08. The lowest BCUT2D eigenvalue weighted by Crippen LogP contribution is -2.34. The van der Waals surface area contributed by atoms with E-state index in [2.05, 4.69) is 15.0 Å². The molecule has 1 aromatic heterocycles. The minimum atomic E-state index is -0.663. The second-order valence-electron chi connectivity index (χ2n) is 4.76. The average molecular weight is 412 g/mol. The number of urea groups is 1. The Morgan fingerprint density at radius 1 is 1.15 bits per heavy atom. The first-order valence-electron chi connectivity index (χ1n) is 7.47. The molecule has 0 fully saturated rings. The van der Waals surface area contributed by atoms with Crippen molar-refractivity contribution in [1.29, 1.82) is 0 Å². The molecule has 2 N–H and O–H groups in total. The molecule has 0 bridgehead atoms. The van der Waals surface area contributed by atoms with Crippen LogP contribution in [0.1, 0.15) is 27.6 Å². The molecule has 1 aromatic carbocycles. The summed E-state index contributed by atoms with van der Waals surface area (Å²) in [6.07, 6.45) is 3.67. The normalized spacial score (nSPS) is 10.3. The molecule has 2 aromatic rings. The third-order valence-electron chi connectivity index (χ3n) is 3.12. The number of imide groups is 1. The Bertz CT molecular complexity index is 784. The minimum absolute atomic E-state index is 0.289. The molecule has 3 amide bonds. The van der Waals surface area contributed by atoms with E-state index in [1.54, 1.807) is 19.1 Å². The van der Waals surface area contributed by atoms with Crippen LogP contribution < -0.4 is 10.6 Å². The highest BCUT2D eigenvalue weighted by molar-refractivity contribution is 8.01. The Morgan fingerprint density at radius 2 is 1.85 bits per heavy atom. The zero-order chi connectivity index (χ0) is 19.1. The number of carbonyl (C=O) groups is 3. The smallest absolute Gasteiger partial charge is 0.338 e. The topological polar surface area (TPSA) is 97.4 Å². The van der Waals surface area contributed by atoms with Crippen molar-refractivity contribution in [3.05, 3.63) is 35.4 Å². The van der Waals surface area contributed by atoms with Crippen LogP contribution in [-0.2, 0) is 4.74 Å². The van der Waals surface area contributed by atoms with Gasteiger partial charge in [0.1, 0.15) is 5.03 Å². The van der Waals surface area contributed by atoms with Gasteiger partial charge < -0.3 is 10.1 Å². The lowest BCUT2D eigenvalue weighted by molar-refractivity contribution is 0.0526. The number of benzene rings is 1. The number of carbonyl (C=O) groups excluding carboxylic acids is 3. The summed E-state index contributed by atoms with van der Waals surface area (Å²) in [5, 5.41) is 5.44. The number of anilines is 1. The van der Waals surface area contributed by atoms with Crippen LogP contribution in [0.2, 0.25) is 0 Å². The van der Waals surface area contributed by atoms with E-state index >= 15 is 0 Å². The summed E-state index contributed by atoms with van der Waals surface area (Å²) < 4.78 is 9.85. The molecule has 0 aliphatic heterocycles. The van der Waals surface area contributed by atoms with Gasteiger partial charge in [-0.1, -0.05) is 0 Å². The molecule has 10 heteroatoms. The maximum atomic E-state index is 12.4. The fourth-order valence-corrected chi connectivity index (χ4v) is 4.24. The zero-order valence-electron chi connectivity index (χ0n) is 14.3. The van der Waals surface area contributed by atoms with E-state index in [0.717, 1.165) is 4.21 Å². The summed E-state index contributed by atoms with van der Waals surface area (Å²) >= 11 is 3.98. The highest BCUT2D eigenvalue weighted by Gasteiger charge is 2.21. The van der Waals surface area contributed by atoms with Gasteiger partial charge in [-0.05, 0) is 55.2 Å². The van der Waals surface area contributed by atoms with E-state index < -0.39 is 17.9 Å². The van der Waals surface area contributed by atoms with E-state index in [4.69, 9.17) is 4.74 Å². The predicted molar refractivity (Wildman–Crippen MR) is 105 cm³/mol. The van der Waals surface area contributed by atoms with E-state index in [-0.39, 0.29) is 6.61 Å². The number of hydrogen-bond donors (Lipinski definition) is 2. The number of nitrogens with one attached hydrogen (secondary N) is 2. The largest absolute Gasteiger partial charge is 0.462 e. The van der Waals surface area contributed by atoms with Crippen LogP contribution in [0.5, 0.6) is 0 Å². The number of rotatable bonds is 6. The average Bonchev–Trinajstić information content (AvgIpc) is 3.05. The highest BCUT2D eigenvalue weighted by atomic mass is 32.2. The number of aromatic nitrogens is 1. The summed E-state index contributed by atoms with van der Waals surface area (Å²) in [6.45, 7) is 2.01. The van der Waals surface area contributed by atoms with Crippen molar-refractivity contribution in [1.82, 2.24) is 9.69 Å². The van der Waals surface area contributed by atoms with Gasteiger partial charge in [0, 0.05) is 5.69 Å². The Kier molecular flexibility index (Phi) is 7.49. The predicted octanol–water partition coefficient (Wildman–Crippen LogP) is 3.73. The van der Waals surface area contributed by atoms with Gasteiger partial charge >= 0.3 is 12.0 Å². The molecule has 0 spiro atoms. The number of esters is 1. The summed E-state index contributed by atoms with van der Waals surface area (Å²) in [7, 11) is 0. The molecule has 0 radical (unpaired) electrons. The van der Waals surface area contributed by atoms with Gasteiger partial charge in [0.15, 0.2) is 0 Å². The second kappa shape index (κ2) is 9.60. The third kappa shape index (κ3) is 4.99. The van der Waals surface area contributed by atoms with Gasteiger partial charge in [-0.3, -0.25) is 10.1 Å². The van der Waals surface area contributed by atoms with E-state index in [0.29, 0.717) is 21.8 Å². The van der Waals surface area contributed by atoms with Crippen molar-refractivity contribution >= 4 is 58.7 Å². The van der Waals surface area contributed by atoms with Gasteiger partial charge in [-0.2, -0.15) is 4.37 Å². The quantitative estimate of drug-likeness (QED) is 0.552.